The molecule has 0 amide bonds. The number of nitrogens with zero attached hydrogens (tertiary/aromatic N) is 1. The zero-order chi connectivity index (χ0) is 15.9. The van der Waals surface area contributed by atoms with E-state index in [4.69, 9.17) is 4.74 Å². The highest BCUT2D eigenvalue weighted by atomic mass is 32.2. The minimum Gasteiger partial charge on any atom is -0.490 e. The lowest BCUT2D eigenvalue weighted by molar-refractivity contribution is 0.120. The zero-order valence-corrected chi connectivity index (χ0v) is 13.6. The maximum Gasteiger partial charge on any atom is 0.244 e. The van der Waals surface area contributed by atoms with Crippen molar-refractivity contribution in [2.45, 2.75) is 43.4 Å². The van der Waals surface area contributed by atoms with Gasteiger partial charge in [-0.2, -0.15) is 4.31 Å². The number of hydrogen-bond donors (Lipinski definition) is 0. The van der Waals surface area contributed by atoms with Gasteiger partial charge in [0.1, 0.15) is 5.75 Å². The molecule has 0 saturated heterocycles. The van der Waals surface area contributed by atoms with Crippen molar-refractivity contribution in [2.24, 2.45) is 0 Å². The minimum absolute atomic E-state index is 0.298. The number of benzene rings is 2. The summed E-state index contributed by atoms with van der Waals surface area (Å²) in [5.41, 5.74) is 1.83. The molecule has 2 aromatic rings. The number of sulfonamides is 1. The molecule has 1 fully saturated rings. The zero-order valence-electron chi connectivity index (χ0n) is 12.8. The predicted molar refractivity (Wildman–Crippen MR) is 87.6 cm³/mol. The summed E-state index contributed by atoms with van der Waals surface area (Å²) in [6.45, 7) is 0.811. The molecule has 0 aromatic heterocycles. The second-order valence-corrected chi connectivity index (χ2v) is 8.11. The molecular formula is C18H19NO3S. The average molecular weight is 329 g/mol. The summed E-state index contributed by atoms with van der Waals surface area (Å²) in [6, 6.07) is 15.0. The standard InChI is InChI=1S/C18H19NO3S/c20-23(21)18-10-9-17(22-16-7-4-8-16)11-15(18)13-19(23)12-14-5-2-1-3-6-14/h1-3,5-6,9-11,16H,4,7-8,12-13H2. The Kier molecular flexibility index (Phi) is 3.62. The highest BCUT2D eigenvalue weighted by molar-refractivity contribution is 7.89. The Morgan fingerprint density at radius 3 is 2.57 bits per heavy atom. The Morgan fingerprint density at radius 2 is 1.87 bits per heavy atom. The van der Waals surface area contributed by atoms with Gasteiger partial charge in [0.05, 0.1) is 11.0 Å². The predicted octanol–water partition coefficient (Wildman–Crippen LogP) is 3.32. The smallest absolute Gasteiger partial charge is 0.244 e. The first kappa shape index (κ1) is 14.7. The number of rotatable bonds is 4. The Hall–Kier alpha value is -1.85. The van der Waals surface area contributed by atoms with Crippen LogP contribution in [0.2, 0.25) is 0 Å². The Balaban J connectivity index is 1.58. The number of hydrogen-bond acceptors (Lipinski definition) is 3. The van der Waals surface area contributed by atoms with Crippen LogP contribution in [0.3, 0.4) is 0 Å². The second-order valence-electron chi connectivity index (χ2n) is 6.20. The van der Waals surface area contributed by atoms with Gasteiger partial charge in [-0.25, -0.2) is 8.42 Å². The highest BCUT2D eigenvalue weighted by Crippen LogP contribution is 2.35. The van der Waals surface area contributed by atoms with Gasteiger partial charge in [0.25, 0.3) is 0 Å². The van der Waals surface area contributed by atoms with Crippen LogP contribution in [-0.4, -0.2) is 18.8 Å². The van der Waals surface area contributed by atoms with E-state index in [1.807, 2.05) is 36.4 Å². The van der Waals surface area contributed by atoms with Crippen LogP contribution in [0.4, 0.5) is 0 Å². The van der Waals surface area contributed by atoms with E-state index in [0.717, 1.165) is 29.7 Å². The average Bonchev–Trinajstić information content (AvgIpc) is 2.75. The molecule has 0 bridgehead atoms. The van der Waals surface area contributed by atoms with Crippen molar-refractivity contribution >= 4 is 10.0 Å². The van der Waals surface area contributed by atoms with Crippen LogP contribution in [0.5, 0.6) is 5.75 Å². The van der Waals surface area contributed by atoms with Gasteiger partial charge in [-0.15, -0.1) is 0 Å². The van der Waals surface area contributed by atoms with Crippen LogP contribution in [0.15, 0.2) is 53.4 Å². The Morgan fingerprint density at radius 1 is 1.09 bits per heavy atom. The van der Waals surface area contributed by atoms with E-state index in [1.165, 1.54) is 10.7 Å². The minimum atomic E-state index is -3.40. The summed E-state index contributed by atoms with van der Waals surface area (Å²) < 4.78 is 32.8. The van der Waals surface area contributed by atoms with Crippen molar-refractivity contribution in [3.05, 3.63) is 59.7 Å². The molecule has 1 aliphatic carbocycles. The lowest BCUT2D eigenvalue weighted by Crippen LogP contribution is -2.24. The maximum absolute atomic E-state index is 12.7. The van der Waals surface area contributed by atoms with Crippen molar-refractivity contribution in [1.82, 2.24) is 4.31 Å². The summed E-state index contributed by atoms with van der Waals surface area (Å²) in [4.78, 5) is 0.411. The summed E-state index contributed by atoms with van der Waals surface area (Å²) in [5, 5.41) is 0. The molecule has 120 valence electrons. The summed E-state index contributed by atoms with van der Waals surface area (Å²) in [5.74, 6) is 0.783. The summed E-state index contributed by atoms with van der Waals surface area (Å²) in [7, 11) is -3.40. The lowest BCUT2D eigenvalue weighted by Gasteiger charge is -2.26. The van der Waals surface area contributed by atoms with Gasteiger partial charge in [-0.3, -0.25) is 0 Å². The fourth-order valence-corrected chi connectivity index (χ4v) is 4.63. The Labute approximate surface area is 136 Å². The molecular weight excluding hydrogens is 310 g/mol. The SMILES string of the molecule is O=S1(=O)c2ccc(OC3CCC3)cc2CN1Cc1ccccc1. The third kappa shape index (κ3) is 2.75. The van der Waals surface area contributed by atoms with Crippen LogP contribution in [-0.2, 0) is 23.1 Å². The van der Waals surface area contributed by atoms with E-state index < -0.39 is 10.0 Å². The van der Waals surface area contributed by atoms with E-state index in [-0.39, 0.29) is 0 Å². The van der Waals surface area contributed by atoms with Crippen LogP contribution in [0, 0.1) is 0 Å². The maximum atomic E-state index is 12.7. The second kappa shape index (κ2) is 5.65. The van der Waals surface area contributed by atoms with Crippen LogP contribution >= 0.6 is 0 Å². The molecule has 4 nitrogen and oxygen atoms in total. The van der Waals surface area contributed by atoms with Crippen LogP contribution < -0.4 is 4.74 Å². The number of ether oxygens (including phenoxy) is 1. The molecule has 0 radical (unpaired) electrons. The normalized spacial score (nSPS) is 20.0. The van der Waals surface area contributed by atoms with Gasteiger partial charge in [-0.1, -0.05) is 30.3 Å². The third-order valence-electron chi connectivity index (χ3n) is 4.55. The molecule has 2 aliphatic rings. The fraction of sp³-hybridized carbons (Fsp3) is 0.333. The molecule has 0 unspecified atom stereocenters. The van der Waals surface area contributed by atoms with Gasteiger partial charge in [0.15, 0.2) is 0 Å². The van der Waals surface area contributed by atoms with Gasteiger partial charge in [-0.05, 0) is 48.6 Å². The first-order valence-corrected chi connectivity index (χ1v) is 9.40. The van der Waals surface area contributed by atoms with E-state index in [0.29, 0.717) is 24.1 Å². The molecule has 23 heavy (non-hydrogen) atoms. The summed E-state index contributed by atoms with van der Waals surface area (Å²) >= 11 is 0. The molecule has 1 saturated carbocycles. The van der Waals surface area contributed by atoms with Crippen molar-refractivity contribution in [3.8, 4) is 5.75 Å². The monoisotopic (exact) mass is 329 g/mol. The van der Waals surface area contributed by atoms with E-state index >= 15 is 0 Å². The van der Waals surface area contributed by atoms with E-state index in [2.05, 4.69) is 0 Å². The van der Waals surface area contributed by atoms with Crippen molar-refractivity contribution < 1.29 is 13.2 Å². The molecule has 1 aliphatic heterocycles. The van der Waals surface area contributed by atoms with Crippen molar-refractivity contribution in [3.63, 3.8) is 0 Å². The highest BCUT2D eigenvalue weighted by Gasteiger charge is 2.35. The van der Waals surface area contributed by atoms with Crippen LogP contribution in [0.25, 0.3) is 0 Å². The van der Waals surface area contributed by atoms with Gasteiger partial charge in [0, 0.05) is 13.1 Å². The van der Waals surface area contributed by atoms with Gasteiger partial charge in [0.2, 0.25) is 10.0 Å². The molecule has 0 N–H and O–H groups in total. The fourth-order valence-electron chi connectivity index (χ4n) is 3.03. The largest absolute Gasteiger partial charge is 0.490 e. The Bertz CT molecular complexity index is 813. The van der Waals surface area contributed by atoms with Gasteiger partial charge >= 0.3 is 0 Å². The third-order valence-corrected chi connectivity index (χ3v) is 6.45. The number of fused-ring (bicyclic) bond motifs is 1. The first-order valence-electron chi connectivity index (χ1n) is 7.96. The lowest BCUT2D eigenvalue weighted by atomic mass is 9.96. The molecule has 0 atom stereocenters. The first-order chi connectivity index (χ1) is 11.1. The van der Waals surface area contributed by atoms with Gasteiger partial charge < -0.3 is 4.74 Å². The quantitative estimate of drug-likeness (QED) is 0.864. The molecule has 4 rings (SSSR count). The molecule has 5 heteroatoms. The van der Waals surface area contributed by atoms with E-state index in [1.54, 1.807) is 12.1 Å². The van der Waals surface area contributed by atoms with E-state index in [9.17, 15) is 8.42 Å². The van der Waals surface area contributed by atoms with Crippen molar-refractivity contribution in [1.29, 1.82) is 0 Å². The topological polar surface area (TPSA) is 46.6 Å². The summed E-state index contributed by atoms with van der Waals surface area (Å²) in [6.07, 6.45) is 3.70. The molecule has 0 spiro atoms. The molecule has 2 aromatic carbocycles. The molecule has 1 heterocycles. The van der Waals surface area contributed by atoms with Crippen molar-refractivity contribution in [2.75, 3.05) is 0 Å². The van der Waals surface area contributed by atoms with Crippen LogP contribution in [0.1, 0.15) is 30.4 Å².